The summed E-state index contributed by atoms with van der Waals surface area (Å²) in [5, 5.41) is 20.4. The normalized spacial score (nSPS) is 14.9. The minimum absolute atomic E-state index is 0.0972. The van der Waals surface area contributed by atoms with Crippen LogP contribution in [-0.2, 0) is 55.8 Å². The van der Waals surface area contributed by atoms with Crippen molar-refractivity contribution in [3.8, 4) is 0 Å². The van der Waals surface area contributed by atoms with E-state index < -0.39 is 91.5 Å². The van der Waals surface area contributed by atoms with E-state index in [-0.39, 0.29) is 19.3 Å². The van der Waals surface area contributed by atoms with E-state index in [0.717, 1.165) is 109 Å². The van der Waals surface area contributed by atoms with E-state index in [9.17, 15) is 43.5 Å². The molecule has 0 aromatic rings. The molecule has 4 N–H and O–H groups in total. The molecule has 0 amide bonds. The van der Waals surface area contributed by atoms with Gasteiger partial charge in [-0.05, 0) is 77.0 Å². The number of aliphatic hydroxyl groups is 2. The summed E-state index contributed by atoms with van der Waals surface area (Å²) in [7, 11) is -9.75. The zero-order valence-corrected chi connectivity index (χ0v) is 49.7. The van der Waals surface area contributed by atoms with Gasteiger partial charge in [0.05, 0.1) is 26.4 Å². The van der Waals surface area contributed by atoms with Crippen LogP contribution in [-0.4, -0.2) is 95.9 Å². The van der Waals surface area contributed by atoms with E-state index in [0.29, 0.717) is 19.3 Å². The van der Waals surface area contributed by atoms with Crippen molar-refractivity contribution in [3.63, 3.8) is 0 Å². The molecule has 0 aromatic heterocycles. The summed E-state index contributed by atoms with van der Waals surface area (Å²) >= 11 is 0. The van der Waals surface area contributed by atoms with Gasteiger partial charge in [-0.25, -0.2) is 9.13 Å². The second-order valence-corrected chi connectivity index (χ2v) is 22.7. The second-order valence-electron chi connectivity index (χ2n) is 19.8. The van der Waals surface area contributed by atoms with Gasteiger partial charge in [0.1, 0.15) is 25.4 Å². The Morgan fingerprint density at radius 1 is 0.377 bits per heavy atom. The second kappa shape index (κ2) is 53.9. The number of ether oxygens (including phenoxy) is 3. The summed E-state index contributed by atoms with van der Waals surface area (Å²) in [6.45, 7) is 2.46. The molecule has 0 saturated heterocycles. The third-order valence-corrected chi connectivity index (χ3v) is 14.1. The number of aliphatic hydroxyl groups excluding tert-OH is 2. The maximum atomic E-state index is 12.8. The number of phosphoric ester groups is 2. The SMILES string of the molecule is CC/C=C\C/C=C\C/C=C\C/C=C\CCCCCCC(=O)OCC(O)COP(=O)(O)OCC(O)COP(=O)(O)OCC(COC(=O)CCCCCCCCCCCCCCC)OC(=O)CCCCCCC/C=C\CCCC. The molecule has 0 aliphatic heterocycles. The van der Waals surface area contributed by atoms with Crippen molar-refractivity contribution in [3.05, 3.63) is 60.8 Å². The van der Waals surface area contributed by atoms with Crippen LogP contribution >= 0.6 is 15.6 Å². The molecule has 77 heavy (non-hydrogen) atoms. The van der Waals surface area contributed by atoms with Crippen molar-refractivity contribution in [1.82, 2.24) is 0 Å². The molecule has 18 heteroatoms. The van der Waals surface area contributed by atoms with Crippen molar-refractivity contribution < 1.29 is 75.8 Å². The van der Waals surface area contributed by atoms with Gasteiger partial charge in [-0.2, -0.15) is 0 Å². The summed E-state index contributed by atoms with van der Waals surface area (Å²) in [5.74, 6) is -1.60. The maximum Gasteiger partial charge on any atom is 0.472 e. The molecule has 0 rings (SSSR count). The van der Waals surface area contributed by atoms with Crippen molar-refractivity contribution in [2.75, 3.05) is 39.6 Å². The van der Waals surface area contributed by atoms with Gasteiger partial charge >= 0.3 is 33.6 Å². The van der Waals surface area contributed by atoms with Gasteiger partial charge in [-0.3, -0.25) is 32.5 Å². The lowest BCUT2D eigenvalue weighted by molar-refractivity contribution is -0.161. The Labute approximate surface area is 465 Å². The first-order valence-electron chi connectivity index (χ1n) is 29.6. The van der Waals surface area contributed by atoms with Crippen LogP contribution < -0.4 is 0 Å². The van der Waals surface area contributed by atoms with Crippen molar-refractivity contribution >= 4 is 33.6 Å². The molecule has 0 aliphatic carbocycles. The number of carbonyl (C=O) groups excluding carboxylic acids is 3. The largest absolute Gasteiger partial charge is 0.472 e. The molecule has 5 unspecified atom stereocenters. The topological polar surface area (TPSA) is 231 Å². The summed E-state index contributed by atoms with van der Waals surface area (Å²) in [6, 6.07) is 0. The molecule has 16 nitrogen and oxygen atoms in total. The Hall–Kier alpha value is -2.75. The van der Waals surface area contributed by atoms with Crippen LogP contribution in [0.5, 0.6) is 0 Å². The number of phosphoric acid groups is 2. The predicted molar refractivity (Wildman–Crippen MR) is 307 cm³/mol. The van der Waals surface area contributed by atoms with Gasteiger partial charge in [0.15, 0.2) is 6.10 Å². The van der Waals surface area contributed by atoms with Crippen molar-refractivity contribution in [1.29, 1.82) is 0 Å². The minimum Gasteiger partial charge on any atom is -0.463 e. The molecule has 0 fully saturated rings. The molecule has 0 aliphatic rings. The molecule has 0 bridgehead atoms. The van der Waals surface area contributed by atoms with Crippen molar-refractivity contribution in [2.24, 2.45) is 0 Å². The van der Waals surface area contributed by atoms with Crippen LogP contribution in [0.15, 0.2) is 60.8 Å². The first-order valence-corrected chi connectivity index (χ1v) is 32.6. The van der Waals surface area contributed by atoms with Crippen LogP contribution in [0.4, 0.5) is 0 Å². The molecule has 0 radical (unpaired) electrons. The number of unbranched alkanes of at least 4 members (excludes halogenated alkanes) is 23. The van der Waals surface area contributed by atoms with Gasteiger partial charge in [0.25, 0.3) is 0 Å². The first-order chi connectivity index (χ1) is 37.2. The smallest absolute Gasteiger partial charge is 0.463 e. The quantitative estimate of drug-likeness (QED) is 0.0146. The number of esters is 3. The molecule has 0 heterocycles. The molecular formula is C59H106O16P2. The fourth-order valence-electron chi connectivity index (χ4n) is 7.66. The lowest BCUT2D eigenvalue weighted by Gasteiger charge is -2.21. The Morgan fingerprint density at radius 3 is 1.14 bits per heavy atom. The summed E-state index contributed by atoms with van der Waals surface area (Å²) < 4.78 is 60.5. The lowest BCUT2D eigenvalue weighted by Crippen LogP contribution is -2.30. The van der Waals surface area contributed by atoms with Crippen LogP contribution in [0.1, 0.15) is 239 Å². The van der Waals surface area contributed by atoms with Gasteiger partial charge in [0, 0.05) is 19.3 Å². The summed E-state index contributed by atoms with van der Waals surface area (Å²) in [6.07, 6.45) is 50.1. The number of rotatable bonds is 56. The van der Waals surface area contributed by atoms with Crippen LogP contribution in [0.25, 0.3) is 0 Å². The fourth-order valence-corrected chi connectivity index (χ4v) is 9.24. The zero-order chi connectivity index (χ0) is 56.8. The zero-order valence-electron chi connectivity index (χ0n) is 47.9. The van der Waals surface area contributed by atoms with E-state index in [1.807, 2.05) is 0 Å². The van der Waals surface area contributed by atoms with Gasteiger partial charge < -0.3 is 34.2 Å². The van der Waals surface area contributed by atoms with E-state index in [1.54, 1.807) is 0 Å². The summed E-state index contributed by atoms with van der Waals surface area (Å²) in [5.41, 5.74) is 0. The maximum absolute atomic E-state index is 12.8. The van der Waals surface area contributed by atoms with Crippen LogP contribution in [0, 0.1) is 0 Å². The van der Waals surface area contributed by atoms with E-state index >= 15 is 0 Å². The van der Waals surface area contributed by atoms with E-state index in [1.165, 1.54) is 70.6 Å². The van der Waals surface area contributed by atoms with Gasteiger partial charge in [0.2, 0.25) is 0 Å². The molecule has 0 saturated carbocycles. The first kappa shape index (κ1) is 74.2. The molecule has 0 spiro atoms. The average molecular weight is 1130 g/mol. The Bertz CT molecular complexity index is 1670. The highest BCUT2D eigenvalue weighted by molar-refractivity contribution is 7.47. The molecule has 5 atom stereocenters. The van der Waals surface area contributed by atoms with E-state index in [4.69, 9.17) is 32.3 Å². The lowest BCUT2D eigenvalue weighted by atomic mass is 10.0. The third-order valence-electron chi connectivity index (χ3n) is 12.2. The number of hydrogen-bond donors (Lipinski definition) is 4. The number of carbonyl (C=O) groups is 3. The average Bonchev–Trinajstić information content (AvgIpc) is 3.40. The van der Waals surface area contributed by atoms with Crippen LogP contribution in [0.2, 0.25) is 0 Å². The number of hydrogen-bond acceptors (Lipinski definition) is 14. The fraction of sp³-hybridized carbons (Fsp3) is 0.780. The molecule has 448 valence electrons. The van der Waals surface area contributed by atoms with Gasteiger partial charge in [-0.1, -0.05) is 204 Å². The van der Waals surface area contributed by atoms with Crippen LogP contribution in [0.3, 0.4) is 0 Å². The Kier molecular flexibility index (Phi) is 51.9. The molecule has 0 aromatic carbocycles. The van der Waals surface area contributed by atoms with Crippen molar-refractivity contribution in [2.45, 2.75) is 257 Å². The Morgan fingerprint density at radius 2 is 0.701 bits per heavy atom. The Balaban J connectivity index is 4.64. The molecular weight excluding hydrogens is 1030 g/mol. The highest BCUT2D eigenvalue weighted by atomic mass is 31.2. The monoisotopic (exact) mass is 1130 g/mol. The highest BCUT2D eigenvalue weighted by Crippen LogP contribution is 2.45. The highest BCUT2D eigenvalue weighted by Gasteiger charge is 2.29. The third kappa shape index (κ3) is 55.0. The number of allylic oxidation sites excluding steroid dienone is 10. The van der Waals surface area contributed by atoms with Gasteiger partial charge in [-0.15, -0.1) is 0 Å². The summed E-state index contributed by atoms with van der Waals surface area (Å²) in [4.78, 5) is 58.0. The minimum atomic E-state index is -4.91. The standard InChI is InChI=1S/C59H106O16P2/c1-4-7-10-13-16-19-22-24-25-26-27-29-32-33-36-39-42-45-57(62)69-48-54(60)49-71-76(65,66)72-50-55(61)51-73-77(67,68)74-53-56(75-59(64)47-44-41-38-35-30-21-18-15-12-9-6-3)52-70-58(63)46-43-40-37-34-31-28-23-20-17-14-11-8-5-2/h7,10,15-16,18-19,24-25,27,29,54-56,60-61H,4-6,8-9,11-14,17,20-23,26,28,30-53H2,1-3H3,(H,65,66)(H,67,68)/b10-7-,18-15-,19-16-,25-24-,29-27-. The predicted octanol–water partition coefficient (Wildman–Crippen LogP) is 15.1. The van der Waals surface area contributed by atoms with E-state index in [2.05, 4.69) is 81.5 Å².